The van der Waals surface area contributed by atoms with Gasteiger partial charge in [0.2, 0.25) is 0 Å². The van der Waals surface area contributed by atoms with Crippen LogP contribution in [0.1, 0.15) is 11.1 Å². The van der Waals surface area contributed by atoms with Crippen LogP contribution >= 0.6 is 0 Å². The molecule has 0 fully saturated rings. The lowest BCUT2D eigenvalue weighted by Gasteiger charge is -2.08. The number of hydrogen-bond donors (Lipinski definition) is 1. The summed E-state index contributed by atoms with van der Waals surface area (Å²) in [5, 5.41) is 2.82. The number of carbonyl (C=O) groups is 1. The van der Waals surface area contributed by atoms with Gasteiger partial charge in [-0.15, -0.1) is 0 Å². The first-order valence-electron chi connectivity index (χ1n) is 8.03. The minimum absolute atomic E-state index is 0.0114. The van der Waals surface area contributed by atoms with E-state index < -0.39 is 0 Å². The summed E-state index contributed by atoms with van der Waals surface area (Å²) in [7, 11) is 0. The molecule has 0 radical (unpaired) electrons. The van der Waals surface area contributed by atoms with E-state index in [9.17, 15) is 4.79 Å². The number of amides is 1. The molecule has 0 unspecified atom stereocenters. The van der Waals surface area contributed by atoms with E-state index in [2.05, 4.69) is 15.3 Å². The van der Waals surface area contributed by atoms with E-state index in [1.807, 2.05) is 61.5 Å². The molecule has 1 aromatic carbocycles. The molecule has 126 valence electrons. The van der Waals surface area contributed by atoms with E-state index in [-0.39, 0.29) is 12.5 Å². The molecule has 5 nitrogen and oxygen atoms in total. The Morgan fingerprint density at radius 1 is 1.00 bits per heavy atom. The lowest BCUT2D eigenvalue weighted by molar-refractivity contribution is -0.123. The van der Waals surface area contributed by atoms with E-state index in [1.54, 1.807) is 12.4 Å². The highest BCUT2D eigenvalue weighted by Crippen LogP contribution is 2.13. The van der Waals surface area contributed by atoms with Crippen LogP contribution in [0, 0.1) is 6.92 Å². The fourth-order valence-electron chi connectivity index (χ4n) is 2.23. The second-order valence-electron chi connectivity index (χ2n) is 5.65. The molecule has 1 N–H and O–H groups in total. The average molecular weight is 333 g/mol. The zero-order chi connectivity index (χ0) is 17.5. The Hall–Kier alpha value is -3.21. The van der Waals surface area contributed by atoms with Crippen molar-refractivity contribution >= 4 is 5.91 Å². The number of benzene rings is 1. The lowest BCUT2D eigenvalue weighted by Crippen LogP contribution is -2.28. The number of aromatic nitrogens is 2. The first-order valence-corrected chi connectivity index (χ1v) is 8.03. The SMILES string of the molecule is Cc1ccc(OCC(=O)NCc2ccc(-c3ccccn3)nc2)cc1. The second kappa shape index (κ2) is 8.06. The minimum atomic E-state index is -0.172. The molecule has 0 aliphatic rings. The largest absolute Gasteiger partial charge is 0.484 e. The van der Waals surface area contributed by atoms with Gasteiger partial charge >= 0.3 is 0 Å². The highest BCUT2D eigenvalue weighted by Gasteiger charge is 2.04. The van der Waals surface area contributed by atoms with Gasteiger partial charge in [-0.05, 0) is 42.8 Å². The molecular formula is C20H19N3O2. The van der Waals surface area contributed by atoms with Crippen LogP contribution in [0.2, 0.25) is 0 Å². The van der Waals surface area contributed by atoms with Gasteiger partial charge in [-0.3, -0.25) is 14.8 Å². The molecule has 5 heteroatoms. The average Bonchev–Trinajstić information content (AvgIpc) is 2.67. The van der Waals surface area contributed by atoms with Crippen molar-refractivity contribution < 1.29 is 9.53 Å². The van der Waals surface area contributed by atoms with Crippen molar-refractivity contribution in [1.82, 2.24) is 15.3 Å². The molecule has 0 saturated carbocycles. The molecule has 3 aromatic rings. The van der Waals surface area contributed by atoms with Gasteiger partial charge in [-0.2, -0.15) is 0 Å². The summed E-state index contributed by atoms with van der Waals surface area (Å²) in [6.07, 6.45) is 3.48. The van der Waals surface area contributed by atoms with Crippen molar-refractivity contribution in [1.29, 1.82) is 0 Å². The predicted octanol–water partition coefficient (Wildman–Crippen LogP) is 3.15. The number of nitrogens with zero attached hydrogens (tertiary/aromatic N) is 2. The van der Waals surface area contributed by atoms with Gasteiger partial charge in [0.1, 0.15) is 5.75 Å². The van der Waals surface area contributed by atoms with Gasteiger partial charge < -0.3 is 10.1 Å². The Labute approximate surface area is 146 Å². The van der Waals surface area contributed by atoms with Gasteiger partial charge in [-0.1, -0.05) is 29.8 Å². The first-order chi connectivity index (χ1) is 12.2. The number of rotatable bonds is 6. The molecular weight excluding hydrogens is 314 g/mol. The Balaban J connectivity index is 1.48. The smallest absolute Gasteiger partial charge is 0.258 e. The van der Waals surface area contributed by atoms with Gasteiger partial charge in [0.25, 0.3) is 5.91 Å². The molecule has 0 aliphatic heterocycles. The number of carbonyl (C=O) groups excluding carboxylic acids is 1. The van der Waals surface area contributed by atoms with E-state index in [0.717, 1.165) is 22.5 Å². The van der Waals surface area contributed by atoms with E-state index in [1.165, 1.54) is 0 Å². The summed E-state index contributed by atoms with van der Waals surface area (Å²) >= 11 is 0. The fourth-order valence-corrected chi connectivity index (χ4v) is 2.23. The Kier molecular flexibility index (Phi) is 5.36. The molecule has 0 atom stereocenters. The second-order valence-corrected chi connectivity index (χ2v) is 5.65. The third kappa shape index (κ3) is 4.88. The van der Waals surface area contributed by atoms with Crippen LogP contribution in [0.15, 0.2) is 67.0 Å². The van der Waals surface area contributed by atoms with Crippen LogP contribution in [0.3, 0.4) is 0 Å². The zero-order valence-corrected chi connectivity index (χ0v) is 14.0. The fraction of sp³-hybridized carbons (Fsp3) is 0.150. The molecule has 0 aliphatic carbocycles. The summed E-state index contributed by atoms with van der Waals surface area (Å²) in [5.41, 5.74) is 3.70. The van der Waals surface area contributed by atoms with Crippen LogP contribution in [-0.2, 0) is 11.3 Å². The third-order valence-electron chi connectivity index (χ3n) is 3.63. The summed E-state index contributed by atoms with van der Waals surface area (Å²) < 4.78 is 5.45. The van der Waals surface area contributed by atoms with Crippen molar-refractivity contribution in [2.75, 3.05) is 6.61 Å². The van der Waals surface area contributed by atoms with Crippen molar-refractivity contribution in [2.45, 2.75) is 13.5 Å². The quantitative estimate of drug-likeness (QED) is 0.753. The number of hydrogen-bond acceptors (Lipinski definition) is 4. The summed E-state index contributed by atoms with van der Waals surface area (Å²) in [6.45, 7) is 2.40. The normalized spacial score (nSPS) is 10.3. The first kappa shape index (κ1) is 16.6. The van der Waals surface area contributed by atoms with Crippen LogP contribution in [0.5, 0.6) is 5.75 Å². The molecule has 0 saturated heterocycles. The standard InChI is InChI=1S/C20H19N3O2/c1-15-5-8-17(9-6-15)25-14-20(24)23-13-16-7-10-19(22-12-16)18-4-2-3-11-21-18/h2-12H,13-14H2,1H3,(H,23,24). The maximum absolute atomic E-state index is 11.9. The van der Waals surface area contributed by atoms with Gasteiger partial charge in [0.05, 0.1) is 11.4 Å². The van der Waals surface area contributed by atoms with Crippen LogP contribution in [-0.4, -0.2) is 22.5 Å². The monoisotopic (exact) mass is 333 g/mol. The van der Waals surface area contributed by atoms with E-state index >= 15 is 0 Å². The molecule has 3 rings (SSSR count). The van der Waals surface area contributed by atoms with Gasteiger partial charge in [-0.25, -0.2) is 0 Å². The van der Waals surface area contributed by atoms with Crippen LogP contribution in [0.4, 0.5) is 0 Å². The third-order valence-corrected chi connectivity index (χ3v) is 3.63. The summed E-state index contributed by atoms with van der Waals surface area (Å²) in [4.78, 5) is 20.5. The molecule has 1 amide bonds. The zero-order valence-electron chi connectivity index (χ0n) is 14.0. The summed E-state index contributed by atoms with van der Waals surface area (Å²) in [6, 6.07) is 17.1. The highest BCUT2D eigenvalue weighted by molar-refractivity contribution is 5.77. The molecule has 25 heavy (non-hydrogen) atoms. The Morgan fingerprint density at radius 3 is 2.48 bits per heavy atom. The van der Waals surface area contributed by atoms with Crippen molar-refractivity contribution in [2.24, 2.45) is 0 Å². The lowest BCUT2D eigenvalue weighted by atomic mass is 10.2. The maximum atomic E-state index is 11.9. The molecule has 0 bridgehead atoms. The van der Waals surface area contributed by atoms with Crippen molar-refractivity contribution in [3.05, 3.63) is 78.1 Å². The molecule has 2 aromatic heterocycles. The number of nitrogens with one attached hydrogen (secondary N) is 1. The maximum Gasteiger partial charge on any atom is 0.258 e. The van der Waals surface area contributed by atoms with Crippen molar-refractivity contribution in [3.63, 3.8) is 0 Å². The number of pyridine rings is 2. The van der Waals surface area contributed by atoms with Gasteiger partial charge in [0.15, 0.2) is 6.61 Å². The van der Waals surface area contributed by atoms with E-state index in [4.69, 9.17) is 4.74 Å². The predicted molar refractivity (Wildman–Crippen MR) is 96.0 cm³/mol. The van der Waals surface area contributed by atoms with Crippen LogP contribution in [0.25, 0.3) is 11.4 Å². The minimum Gasteiger partial charge on any atom is -0.484 e. The number of ether oxygens (including phenoxy) is 1. The Morgan fingerprint density at radius 2 is 1.80 bits per heavy atom. The van der Waals surface area contributed by atoms with Crippen LogP contribution < -0.4 is 10.1 Å². The molecule has 2 heterocycles. The van der Waals surface area contributed by atoms with Crippen molar-refractivity contribution in [3.8, 4) is 17.1 Å². The van der Waals surface area contributed by atoms with E-state index in [0.29, 0.717) is 12.3 Å². The topological polar surface area (TPSA) is 64.1 Å². The highest BCUT2D eigenvalue weighted by atomic mass is 16.5. The molecule has 0 spiro atoms. The summed E-state index contributed by atoms with van der Waals surface area (Å²) in [5.74, 6) is 0.511. The van der Waals surface area contributed by atoms with Gasteiger partial charge in [0, 0.05) is 18.9 Å². The number of aryl methyl sites for hydroxylation is 1. The Bertz CT molecular complexity index is 816.